The van der Waals surface area contributed by atoms with Crippen LogP contribution in [0.3, 0.4) is 0 Å². The van der Waals surface area contributed by atoms with E-state index in [-0.39, 0.29) is 18.6 Å². The molecular weight excluding hydrogens is 338 g/mol. The number of carbonyl (C=O) groups excluding carboxylic acids is 1. The second-order valence-electron chi connectivity index (χ2n) is 6.74. The molecule has 0 aliphatic rings. The number of nitrogens with zero attached hydrogens (tertiary/aromatic N) is 1. The summed E-state index contributed by atoms with van der Waals surface area (Å²) in [5.74, 6) is 0.576. The Morgan fingerprint density at radius 2 is 1.63 bits per heavy atom. The van der Waals surface area contributed by atoms with E-state index in [0.717, 1.165) is 27.6 Å². The van der Waals surface area contributed by atoms with Gasteiger partial charge in [0.15, 0.2) is 6.61 Å². The van der Waals surface area contributed by atoms with Gasteiger partial charge in [-0.1, -0.05) is 36.4 Å². The Balaban J connectivity index is 1.55. The van der Waals surface area contributed by atoms with Gasteiger partial charge in [0.05, 0.1) is 0 Å². The van der Waals surface area contributed by atoms with E-state index >= 15 is 0 Å². The van der Waals surface area contributed by atoms with Crippen molar-refractivity contribution in [3.05, 3.63) is 72.8 Å². The van der Waals surface area contributed by atoms with Crippen LogP contribution in [0.15, 0.2) is 77.2 Å². The Morgan fingerprint density at radius 1 is 0.926 bits per heavy atom. The molecule has 1 heterocycles. The normalized spacial score (nSPS) is 11.2. The lowest BCUT2D eigenvalue weighted by Crippen LogP contribution is -2.40. The molecule has 136 valence electrons. The molecule has 0 fully saturated rings. The summed E-state index contributed by atoms with van der Waals surface area (Å²) < 4.78 is 11.6. The molecule has 0 atom stereocenters. The third-order valence-corrected chi connectivity index (χ3v) is 4.53. The highest BCUT2D eigenvalue weighted by atomic mass is 16.5. The molecule has 0 bridgehead atoms. The van der Waals surface area contributed by atoms with Crippen molar-refractivity contribution in [1.82, 2.24) is 0 Å². The Kier molecular flexibility index (Phi) is 4.55. The van der Waals surface area contributed by atoms with E-state index in [0.29, 0.717) is 5.75 Å². The number of furan rings is 1. The van der Waals surface area contributed by atoms with Crippen LogP contribution in [0.2, 0.25) is 0 Å². The summed E-state index contributed by atoms with van der Waals surface area (Å²) in [6, 6.07) is 23.2. The van der Waals surface area contributed by atoms with Crippen molar-refractivity contribution < 1.29 is 13.9 Å². The first kappa shape index (κ1) is 17.2. The van der Waals surface area contributed by atoms with Gasteiger partial charge in [0.1, 0.15) is 16.9 Å². The average molecular weight is 359 g/mol. The maximum Gasteiger partial charge on any atom is 0.265 e. The first-order chi connectivity index (χ1) is 13.1. The van der Waals surface area contributed by atoms with Crippen molar-refractivity contribution in [1.29, 1.82) is 0 Å². The van der Waals surface area contributed by atoms with Gasteiger partial charge in [-0.05, 0) is 50.2 Å². The molecule has 4 nitrogen and oxygen atoms in total. The fourth-order valence-corrected chi connectivity index (χ4v) is 3.33. The first-order valence-corrected chi connectivity index (χ1v) is 9.04. The number of anilines is 1. The van der Waals surface area contributed by atoms with Crippen molar-refractivity contribution in [2.45, 2.75) is 19.9 Å². The van der Waals surface area contributed by atoms with Gasteiger partial charge < -0.3 is 14.1 Å². The quantitative estimate of drug-likeness (QED) is 0.479. The molecule has 0 N–H and O–H groups in total. The van der Waals surface area contributed by atoms with E-state index < -0.39 is 0 Å². The number of fused-ring (bicyclic) bond motifs is 3. The van der Waals surface area contributed by atoms with Crippen LogP contribution in [0.25, 0.3) is 21.9 Å². The van der Waals surface area contributed by atoms with Crippen LogP contribution in [0.4, 0.5) is 5.69 Å². The lowest BCUT2D eigenvalue weighted by molar-refractivity contribution is -0.120. The van der Waals surface area contributed by atoms with Crippen LogP contribution in [0.1, 0.15) is 13.8 Å². The zero-order chi connectivity index (χ0) is 18.8. The summed E-state index contributed by atoms with van der Waals surface area (Å²) in [5, 5.41) is 2.02. The minimum absolute atomic E-state index is 0.0195. The number of amides is 1. The summed E-state index contributed by atoms with van der Waals surface area (Å²) in [6.45, 7) is 3.97. The van der Waals surface area contributed by atoms with Crippen molar-refractivity contribution in [3.8, 4) is 5.75 Å². The van der Waals surface area contributed by atoms with Gasteiger partial charge in [-0.25, -0.2) is 0 Å². The van der Waals surface area contributed by atoms with Crippen LogP contribution in [-0.4, -0.2) is 18.6 Å². The van der Waals surface area contributed by atoms with E-state index in [1.165, 1.54) is 0 Å². The molecular formula is C23H21NO3. The maximum atomic E-state index is 12.8. The lowest BCUT2D eigenvalue weighted by Gasteiger charge is -2.26. The number of carbonyl (C=O) groups is 1. The zero-order valence-electron chi connectivity index (χ0n) is 15.4. The SMILES string of the molecule is CC(C)N(C(=O)COc1ccc2oc3ccccc3c2c1)c1ccccc1. The molecule has 0 saturated heterocycles. The number of hydrogen-bond acceptors (Lipinski definition) is 3. The summed E-state index contributed by atoms with van der Waals surface area (Å²) >= 11 is 0. The largest absolute Gasteiger partial charge is 0.484 e. The zero-order valence-corrected chi connectivity index (χ0v) is 15.4. The molecule has 0 unspecified atom stereocenters. The van der Waals surface area contributed by atoms with Gasteiger partial charge in [0.2, 0.25) is 0 Å². The van der Waals surface area contributed by atoms with E-state index in [4.69, 9.17) is 9.15 Å². The fraction of sp³-hybridized carbons (Fsp3) is 0.174. The van der Waals surface area contributed by atoms with E-state index in [9.17, 15) is 4.79 Å². The van der Waals surface area contributed by atoms with Gasteiger partial charge in [-0.15, -0.1) is 0 Å². The van der Waals surface area contributed by atoms with Gasteiger partial charge in [-0.2, -0.15) is 0 Å². The molecule has 1 amide bonds. The first-order valence-electron chi connectivity index (χ1n) is 9.04. The van der Waals surface area contributed by atoms with E-state index in [1.54, 1.807) is 4.90 Å². The monoisotopic (exact) mass is 359 g/mol. The van der Waals surface area contributed by atoms with Crippen LogP contribution < -0.4 is 9.64 Å². The van der Waals surface area contributed by atoms with Gasteiger partial charge >= 0.3 is 0 Å². The number of hydrogen-bond donors (Lipinski definition) is 0. The topological polar surface area (TPSA) is 42.7 Å². The van der Waals surface area contributed by atoms with Crippen LogP contribution >= 0.6 is 0 Å². The number of para-hydroxylation sites is 2. The average Bonchev–Trinajstić information content (AvgIpc) is 3.05. The fourth-order valence-electron chi connectivity index (χ4n) is 3.33. The highest BCUT2D eigenvalue weighted by molar-refractivity contribution is 6.05. The summed E-state index contributed by atoms with van der Waals surface area (Å²) in [6.07, 6.45) is 0. The number of ether oxygens (including phenoxy) is 1. The van der Waals surface area contributed by atoms with Crippen LogP contribution in [0, 0.1) is 0 Å². The number of benzene rings is 3. The Morgan fingerprint density at radius 3 is 2.41 bits per heavy atom. The van der Waals surface area contributed by atoms with Gasteiger partial charge in [0.25, 0.3) is 5.91 Å². The van der Waals surface area contributed by atoms with Crippen molar-refractivity contribution in [2.24, 2.45) is 0 Å². The molecule has 3 aromatic carbocycles. The smallest absolute Gasteiger partial charge is 0.265 e. The van der Waals surface area contributed by atoms with Crippen LogP contribution in [-0.2, 0) is 4.79 Å². The highest BCUT2D eigenvalue weighted by Gasteiger charge is 2.19. The van der Waals surface area contributed by atoms with Crippen molar-refractivity contribution in [2.75, 3.05) is 11.5 Å². The molecule has 4 rings (SSSR count). The van der Waals surface area contributed by atoms with E-state index in [2.05, 4.69) is 0 Å². The van der Waals surface area contributed by atoms with Gasteiger partial charge in [-0.3, -0.25) is 4.79 Å². The Labute approximate surface area is 158 Å². The minimum Gasteiger partial charge on any atom is -0.484 e. The Hall–Kier alpha value is -3.27. The summed E-state index contributed by atoms with van der Waals surface area (Å²) in [4.78, 5) is 14.5. The number of rotatable bonds is 5. The standard InChI is InChI=1S/C23H21NO3/c1-16(2)24(17-8-4-3-5-9-17)23(25)15-26-18-12-13-22-20(14-18)19-10-6-7-11-21(19)27-22/h3-14,16H,15H2,1-2H3. The minimum atomic E-state index is -0.0756. The third kappa shape index (κ3) is 3.38. The Bertz CT molecular complexity index is 1080. The van der Waals surface area contributed by atoms with Crippen molar-refractivity contribution in [3.63, 3.8) is 0 Å². The predicted octanol–water partition coefficient (Wildman–Crippen LogP) is 5.41. The lowest BCUT2D eigenvalue weighted by atomic mass is 10.1. The molecule has 0 aliphatic heterocycles. The molecule has 0 radical (unpaired) electrons. The van der Waals surface area contributed by atoms with Gasteiger partial charge in [0, 0.05) is 22.5 Å². The van der Waals surface area contributed by atoms with Crippen LogP contribution in [0.5, 0.6) is 5.75 Å². The molecule has 0 saturated carbocycles. The summed E-state index contributed by atoms with van der Waals surface area (Å²) in [5.41, 5.74) is 2.52. The van der Waals surface area contributed by atoms with Crippen molar-refractivity contribution >= 4 is 33.5 Å². The summed E-state index contributed by atoms with van der Waals surface area (Å²) in [7, 11) is 0. The second kappa shape index (κ2) is 7.16. The highest BCUT2D eigenvalue weighted by Crippen LogP contribution is 2.31. The molecule has 0 aliphatic carbocycles. The molecule has 0 spiro atoms. The predicted molar refractivity (Wildman–Crippen MR) is 108 cm³/mol. The second-order valence-corrected chi connectivity index (χ2v) is 6.74. The van der Waals surface area contributed by atoms with E-state index in [1.807, 2.05) is 86.6 Å². The molecule has 4 heteroatoms. The molecule has 27 heavy (non-hydrogen) atoms. The maximum absolute atomic E-state index is 12.8. The molecule has 4 aromatic rings. The third-order valence-electron chi connectivity index (χ3n) is 4.53. The molecule has 1 aromatic heterocycles.